The van der Waals surface area contributed by atoms with Crippen molar-refractivity contribution in [2.24, 2.45) is 0 Å². The van der Waals surface area contributed by atoms with Crippen LogP contribution in [0.3, 0.4) is 0 Å². The first-order chi connectivity index (χ1) is 3.18. The molecule has 0 spiro atoms. The maximum Gasteiger partial charge on any atom is 0.146 e. The van der Waals surface area contributed by atoms with Crippen LogP contribution in [-0.4, -0.2) is 11.8 Å². The van der Waals surface area contributed by atoms with Crippen LogP contribution in [0.2, 0.25) is 0 Å². The molecule has 0 rings (SSSR count). The predicted octanol–water partition coefficient (Wildman–Crippen LogP) is 0.344. The third-order valence-electron chi connectivity index (χ3n) is 0.860. The summed E-state index contributed by atoms with van der Waals surface area (Å²) in [4.78, 5) is 10.3. The molecule has 0 aromatic carbocycles. The predicted molar refractivity (Wildman–Crippen MR) is 33.0 cm³/mol. The molecule has 0 aliphatic rings. The molecule has 2 nitrogen and oxygen atoms in total. The highest BCUT2D eigenvalue weighted by Crippen LogP contribution is 1.84. The molecule has 0 heterocycles. The van der Waals surface area contributed by atoms with Crippen LogP contribution in [0.5, 0.6) is 0 Å². The number of carbonyl (C=O) groups is 1. The summed E-state index contributed by atoms with van der Waals surface area (Å²) in [6.07, 6.45) is 0. The fraction of sp³-hybridized carbons (Fsp3) is 0.750. The van der Waals surface area contributed by atoms with Crippen molar-refractivity contribution in [1.29, 1.82) is 0 Å². The van der Waals surface area contributed by atoms with E-state index in [0.717, 1.165) is 0 Å². The molecule has 0 fully saturated rings. The van der Waals surface area contributed by atoms with Gasteiger partial charge in [-0.3, -0.25) is 9.88 Å². The van der Waals surface area contributed by atoms with Gasteiger partial charge in [0.15, 0.2) is 0 Å². The van der Waals surface area contributed by atoms with E-state index >= 15 is 0 Å². The van der Waals surface area contributed by atoms with Gasteiger partial charge >= 0.3 is 0 Å². The van der Waals surface area contributed by atoms with Crippen molar-refractivity contribution in [3.63, 3.8) is 0 Å². The van der Waals surface area contributed by atoms with Gasteiger partial charge in [-0.15, -0.1) is 0 Å². The largest absolute Gasteiger partial charge is 0.298 e. The van der Waals surface area contributed by atoms with Gasteiger partial charge in [-0.2, -0.15) is 0 Å². The van der Waals surface area contributed by atoms with Crippen LogP contribution >= 0.6 is 9.39 Å². The van der Waals surface area contributed by atoms with E-state index in [1.807, 2.05) is 6.92 Å². The van der Waals surface area contributed by atoms with E-state index in [-0.39, 0.29) is 11.8 Å². The van der Waals surface area contributed by atoms with Gasteiger partial charge < -0.3 is 0 Å². The molecule has 2 atom stereocenters. The van der Waals surface area contributed by atoms with E-state index in [4.69, 9.17) is 0 Å². The van der Waals surface area contributed by atoms with Crippen LogP contribution in [0.25, 0.3) is 0 Å². The summed E-state index contributed by atoms with van der Waals surface area (Å²) < 4.78 is 0. The first-order valence-electron chi connectivity index (χ1n) is 2.15. The maximum absolute atomic E-state index is 10.3. The second-order valence-corrected chi connectivity index (χ2v) is 1.83. The Hall–Kier alpha value is 0.0600. The van der Waals surface area contributed by atoms with Crippen molar-refractivity contribution in [3.05, 3.63) is 0 Å². The lowest BCUT2D eigenvalue weighted by atomic mass is 10.3. The highest BCUT2D eigenvalue weighted by molar-refractivity contribution is 7.13. The second-order valence-electron chi connectivity index (χ2n) is 1.50. The summed E-state index contributed by atoms with van der Waals surface area (Å²) in [5.41, 5.74) is 0. The molecule has 42 valence electrons. The molecular formula is C4H10NOP. The Morgan fingerprint density at radius 1 is 1.86 bits per heavy atom. The quantitative estimate of drug-likeness (QED) is 0.531. The van der Waals surface area contributed by atoms with Crippen molar-refractivity contribution < 1.29 is 4.79 Å². The molecule has 0 bridgehead atoms. The maximum atomic E-state index is 10.3. The Balaban J connectivity index is 3.34. The molecule has 0 radical (unpaired) electrons. The van der Waals surface area contributed by atoms with Crippen molar-refractivity contribution in [3.8, 4) is 0 Å². The summed E-state index contributed by atoms with van der Waals surface area (Å²) in [5, 5.41) is 2.73. The van der Waals surface area contributed by atoms with Gasteiger partial charge in [0.05, 0.1) is 6.04 Å². The van der Waals surface area contributed by atoms with Crippen molar-refractivity contribution >= 4 is 15.2 Å². The first-order valence-corrected chi connectivity index (χ1v) is 2.72. The zero-order valence-corrected chi connectivity index (χ0v) is 5.72. The van der Waals surface area contributed by atoms with Crippen molar-refractivity contribution in [2.75, 3.05) is 0 Å². The number of nitrogens with one attached hydrogen (secondary N) is 1. The Labute approximate surface area is 45.9 Å². The van der Waals surface area contributed by atoms with Gasteiger partial charge in [0.2, 0.25) is 0 Å². The molecule has 2 unspecified atom stereocenters. The molecule has 0 saturated carbocycles. The third kappa shape index (κ3) is 2.72. The number of Topliss-reactive ketones (excluding diaryl/α,β-unsaturated/α-hetero) is 1. The lowest BCUT2D eigenvalue weighted by Gasteiger charge is -2.01. The normalized spacial score (nSPS) is 13.6. The smallest absolute Gasteiger partial charge is 0.146 e. The minimum absolute atomic E-state index is 0.0231. The van der Waals surface area contributed by atoms with E-state index in [9.17, 15) is 4.79 Å². The monoisotopic (exact) mass is 119 g/mol. The highest BCUT2D eigenvalue weighted by atomic mass is 31.0. The number of hydrogen-bond donors (Lipinski definition) is 1. The molecule has 3 heteroatoms. The molecule has 0 aliphatic heterocycles. The summed E-state index contributed by atoms with van der Waals surface area (Å²) in [5.74, 6) is 0.162. The van der Waals surface area contributed by atoms with E-state index in [1.54, 1.807) is 6.92 Å². The fourth-order valence-corrected chi connectivity index (χ4v) is 0.352. The Bertz CT molecular complexity index is 74.1. The molecule has 1 N–H and O–H groups in total. The van der Waals surface area contributed by atoms with E-state index in [1.165, 1.54) is 0 Å². The summed E-state index contributed by atoms with van der Waals surface area (Å²) in [6, 6.07) is -0.0231. The van der Waals surface area contributed by atoms with Crippen LogP contribution in [0.1, 0.15) is 13.8 Å². The van der Waals surface area contributed by atoms with E-state index in [2.05, 4.69) is 14.5 Å². The summed E-state index contributed by atoms with van der Waals surface area (Å²) in [6.45, 7) is 3.37. The van der Waals surface area contributed by atoms with Gasteiger partial charge in [-0.1, -0.05) is 9.39 Å². The van der Waals surface area contributed by atoms with Crippen LogP contribution in [0.4, 0.5) is 0 Å². The molecule has 0 amide bonds. The highest BCUT2D eigenvalue weighted by Gasteiger charge is 2.00. The second kappa shape index (κ2) is 3.11. The average Bonchev–Trinajstić information content (AvgIpc) is 1.65. The Morgan fingerprint density at radius 2 is 2.29 bits per heavy atom. The van der Waals surface area contributed by atoms with Crippen LogP contribution in [0.15, 0.2) is 0 Å². The zero-order chi connectivity index (χ0) is 5.86. The Kier molecular flexibility index (Phi) is 3.14. The van der Waals surface area contributed by atoms with Crippen LogP contribution < -0.4 is 5.09 Å². The van der Waals surface area contributed by atoms with Gasteiger partial charge in [0, 0.05) is 0 Å². The van der Waals surface area contributed by atoms with E-state index in [0.29, 0.717) is 0 Å². The van der Waals surface area contributed by atoms with Gasteiger partial charge in [0.25, 0.3) is 0 Å². The fourth-order valence-electron chi connectivity index (χ4n) is 0.117. The molecular weight excluding hydrogens is 109 g/mol. The standard InChI is InChI=1S/C4H10NOP/c1-3(5-7)4(2)6/h3,5H,7H2,1-2H3. The van der Waals surface area contributed by atoms with Crippen LogP contribution in [-0.2, 0) is 4.79 Å². The summed E-state index contributed by atoms with van der Waals surface area (Å²) in [7, 11) is 2.29. The van der Waals surface area contributed by atoms with Crippen LogP contribution in [0, 0.1) is 0 Å². The minimum Gasteiger partial charge on any atom is -0.298 e. The van der Waals surface area contributed by atoms with Crippen molar-refractivity contribution in [1.82, 2.24) is 5.09 Å². The zero-order valence-electron chi connectivity index (χ0n) is 4.56. The van der Waals surface area contributed by atoms with Crippen molar-refractivity contribution in [2.45, 2.75) is 19.9 Å². The van der Waals surface area contributed by atoms with Gasteiger partial charge in [-0.05, 0) is 13.8 Å². The molecule has 0 aromatic rings. The lowest BCUT2D eigenvalue weighted by molar-refractivity contribution is -0.118. The number of rotatable bonds is 2. The topological polar surface area (TPSA) is 29.1 Å². The molecule has 0 aliphatic carbocycles. The summed E-state index contributed by atoms with van der Waals surface area (Å²) >= 11 is 0. The van der Waals surface area contributed by atoms with Gasteiger partial charge in [0.1, 0.15) is 5.78 Å². The average molecular weight is 119 g/mol. The molecule has 7 heavy (non-hydrogen) atoms. The van der Waals surface area contributed by atoms with E-state index < -0.39 is 0 Å². The molecule has 0 aromatic heterocycles. The first kappa shape index (κ1) is 7.06. The number of ketones is 1. The SMILES string of the molecule is CC(=O)C(C)NP. The van der Waals surface area contributed by atoms with Gasteiger partial charge in [-0.25, -0.2) is 0 Å². The Morgan fingerprint density at radius 3 is 2.29 bits per heavy atom. The number of hydrogen-bond acceptors (Lipinski definition) is 2. The third-order valence-corrected chi connectivity index (χ3v) is 1.36. The molecule has 0 saturated heterocycles. The number of carbonyl (C=O) groups excluding carboxylic acids is 1. The minimum atomic E-state index is -0.0231. The lowest BCUT2D eigenvalue weighted by Crippen LogP contribution is -2.23.